The number of carboxylic acid groups (broad SMARTS) is 1. The van der Waals surface area contributed by atoms with E-state index in [1.54, 1.807) is 12.1 Å². The molecule has 7 nitrogen and oxygen atoms in total. The summed E-state index contributed by atoms with van der Waals surface area (Å²) in [7, 11) is 0.375. The standard InChI is InChI=1S/C14H21NO6S/c1-10(14(16)17)8-15(2)22(18,19)13-7-11(9-20-3)5-6-12(13)21-4/h5-7,10H,8-9H2,1-4H3,(H,16,17). The van der Waals surface area contributed by atoms with Gasteiger partial charge in [0.1, 0.15) is 10.6 Å². The molecule has 0 spiro atoms. The van der Waals surface area contributed by atoms with Gasteiger partial charge in [-0.15, -0.1) is 0 Å². The molecule has 0 aromatic heterocycles. The van der Waals surface area contributed by atoms with E-state index in [2.05, 4.69) is 0 Å². The van der Waals surface area contributed by atoms with Gasteiger partial charge in [0.2, 0.25) is 10.0 Å². The molecule has 22 heavy (non-hydrogen) atoms. The highest BCUT2D eigenvalue weighted by Crippen LogP contribution is 2.28. The van der Waals surface area contributed by atoms with E-state index in [0.717, 1.165) is 4.31 Å². The molecule has 0 bridgehead atoms. The Labute approximate surface area is 130 Å². The van der Waals surface area contributed by atoms with Gasteiger partial charge in [-0.25, -0.2) is 8.42 Å². The normalized spacial score (nSPS) is 13.1. The van der Waals surface area contributed by atoms with E-state index in [1.165, 1.54) is 34.3 Å². The number of carbonyl (C=O) groups is 1. The molecule has 0 amide bonds. The van der Waals surface area contributed by atoms with Crippen LogP contribution in [0.4, 0.5) is 0 Å². The smallest absolute Gasteiger partial charge is 0.307 e. The van der Waals surface area contributed by atoms with Gasteiger partial charge < -0.3 is 14.6 Å². The van der Waals surface area contributed by atoms with Crippen LogP contribution < -0.4 is 4.74 Å². The summed E-state index contributed by atoms with van der Waals surface area (Å²) >= 11 is 0. The van der Waals surface area contributed by atoms with E-state index < -0.39 is 21.9 Å². The molecular weight excluding hydrogens is 310 g/mol. The van der Waals surface area contributed by atoms with Gasteiger partial charge in [0.25, 0.3) is 0 Å². The Morgan fingerprint density at radius 1 is 1.36 bits per heavy atom. The highest BCUT2D eigenvalue weighted by atomic mass is 32.2. The average molecular weight is 331 g/mol. The first-order valence-corrected chi connectivity index (χ1v) is 8.03. The van der Waals surface area contributed by atoms with Crippen molar-refractivity contribution < 1.29 is 27.8 Å². The topological polar surface area (TPSA) is 93.1 Å². The van der Waals surface area contributed by atoms with Gasteiger partial charge in [0.15, 0.2) is 0 Å². The zero-order valence-electron chi connectivity index (χ0n) is 13.1. The SMILES string of the molecule is COCc1ccc(OC)c(S(=O)(=O)N(C)CC(C)C(=O)O)c1. The first kappa shape index (κ1) is 18.4. The number of carboxylic acids is 1. The fourth-order valence-electron chi connectivity index (χ4n) is 1.91. The molecular formula is C14H21NO6S. The van der Waals surface area contributed by atoms with Crippen molar-refractivity contribution >= 4 is 16.0 Å². The fraction of sp³-hybridized carbons (Fsp3) is 0.500. The lowest BCUT2D eigenvalue weighted by Crippen LogP contribution is -2.34. The first-order valence-electron chi connectivity index (χ1n) is 6.59. The van der Waals surface area contributed by atoms with Crippen molar-refractivity contribution in [1.29, 1.82) is 0 Å². The molecule has 1 unspecified atom stereocenters. The minimum Gasteiger partial charge on any atom is -0.495 e. The van der Waals surface area contributed by atoms with Crippen molar-refractivity contribution in [2.45, 2.75) is 18.4 Å². The first-order chi connectivity index (χ1) is 10.2. The van der Waals surface area contributed by atoms with Crippen LogP contribution in [-0.4, -0.2) is 51.6 Å². The zero-order valence-corrected chi connectivity index (χ0v) is 13.9. The minimum absolute atomic E-state index is 0.00959. The highest BCUT2D eigenvalue weighted by Gasteiger charge is 2.28. The van der Waals surface area contributed by atoms with Crippen LogP contribution in [0.5, 0.6) is 5.75 Å². The van der Waals surface area contributed by atoms with Crippen molar-refractivity contribution in [3.8, 4) is 5.75 Å². The van der Waals surface area contributed by atoms with Gasteiger partial charge in [-0.2, -0.15) is 4.31 Å². The molecule has 1 rings (SSSR count). The summed E-state index contributed by atoms with van der Waals surface area (Å²) in [6, 6.07) is 4.73. The predicted octanol–water partition coefficient (Wildman–Crippen LogP) is 1.18. The molecule has 8 heteroatoms. The van der Waals surface area contributed by atoms with Crippen LogP contribution >= 0.6 is 0 Å². The van der Waals surface area contributed by atoms with Crippen molar-refractivity contribution in [2.24, 2.45) is 5.92 Å². The zero-order chi connectivity index (χ0) is 16.9. The number of methoxy groups -OCH3 is 2. The lowest BCUT2D eigenvalue weighted by Gasteiger charge is -2.21. The van der Waals surface area contributed by atoms with Gasteiger partial charge in [-0.1, -0.05) is 13.0 Å². The third-order valence-electron chi connectivity index (χ3n) is 3.18. The van der Waals surface area contributed by atoms with E-state index in [4.69, 9.17) is 14.6 Å². The van der Waals surface area contributed by atoms with E-state index in [0.29, 0.717) is 5.56 Å². The fourth-order valence-corrected chi connectivity index (χ4v) is 3.37. The molecule has 0 heterocycles. The second-order valence-corrected chi connectivity index (χ2v) is 6.96. The average Bonchev–Trinajstić information content (AvgIpc) is 2.47. The summed E-state index contributed by atoms with van der Waals surface area (Å²) in [6.07, 6.45) is 0. The number of hydrogen-bond acceptors (Lipinski definition) is 5. The summed E-state index contributed by atoms with van der Waals surface area (Å²) in [4.78, 5) is 10.9. The van der Waals surface area contributed by atoms with Crippen LogP contribution in [0.3, 0.4) is 0 Å². The predicted molar refractivity (Wildman–Crippen MR) is 80.3 cm³/mol. The number of hydrogen-bond donors (Lipinski definition) is 1. The van der Waals surface area contributed by atoms with Crippen molar-refractivity contribution in [2.75, 3.05) is 27.8 Å². The Morgan fingerprint density at radius 3 is 2.50 bits per heavy atom. The summed E-state index contributed by atoms with van der Waals surface area (Å²) in [5.41, 5.74) is 0.682. The molecule has 1 aromatic carbocycles. The molecule has 0 radical (unpaired) electrons. The van der Waals surface area contributed by atoms with Crippen molar-refractivity contribution in [3.05, 3.63) is 23.8 Å². The van der Waals surface area contributed by atoms with E-state index in [9.17, 15) is 13.2 Å². The van der Waals surface area contributed by atoms with Crippen LogP contribution in [0.1, 0.15) is 12.5 Å². The van der Waals surface area contributed by atoms with Gasteiger partial charge >= 0.3 is 5.97 Å². The van der Waals surface area contributed by atoms with Gasteiger partial charge in [0, 0.05) is 20.7 Å². The van der Waals surface area contributed by atoms with Crippen LogP contribution in [0, 0.1) is 5.92 Å². The molecule has 1 N–H and O–H groups in total. The Morgan fingerprint density at radius 2 is 2.00 bits per heavy atom. The Hall–Kier alpha value is -1.64. The van der Waals surface area contributed by atoms with Crippen LogP contribution in [0.2, 0.25) is 0 Å². The maximum atomic E-state index is 12.6. The van der Waals surface area contributed by atoms with Gasteiger partial charge in [-0.05, 0) is 17.7 Å². The maximum absolute atomic E-state index is 12.6. The molecule has 1 aromatic rings. The Bertz CT molecular complexity index is 628. The van der Waals surface area contributed by atoms with Gasteiger partial charge in [0.05, 0.1) is 19.6 Å². The molecule has 1 atom stereocenters. The van der Waals surface area contributed by atoms with Crippen LogP contribution in [0.25, 0.3) is 0 Å². The second kappa shape index (κ2) is 7.57. The third kappa shape index (κ3) is 4.19. The highest BCUT2D eigenvalue weighted by molar-refractivity contribution is 7.89. The number of benzene rings is 1. The lowest BCUT2D eigenvalue weighted by molar-refractivity contribution is -0.141. The maximum Gasteiger partial charge on any atom is 0.307 e. The van der Waals surface area contributed by atoms with E-state index in [-0.39, 0.29) is 23.8 Å². The Balaban J connectivity index is 3.19. The molecule has 0 saturated carbocycles. The largest absolute Gasteiger partial charge is 0.495 e. The van der Waals surface area contributed by atoms with Crippen LogP contribution in [0.15, 0.2) is 23.1 Å². The number of ether oxygens (including phenoxy) is 2. The number of nitrogens with zero attached hydrogens (tertiary/aromatic N) is 1. The van der Waals surface area contributed by atoms with Crippen molar-refractivity contribution in [1.82, 2.24) is 4.31 Å². The number of rotatable bonds is 8. The number of aliphatic carboxylic acids is 1. The van der Waals surface area contributed by atoms with Crippen LogP contribution in [-0.2, 0) is 26.2 Å². The molecule has 0 fully saturated rings. The summed E-state index contributed by atoms with van der Waals surface area (Å²) < 4.78 is 36.4. The summed E-state index contributed by atoms with van der Waals surface area (Å²) in [6.45, 7) is 1.59. The Kier molecular flexibility index (Phi) is 6.34. The third-order valence-corrected chi connectivity index (χ3v) is 5.02. The number of sulfonamides is 1. The van der Waals surface area contributed by atoms with Gasteiger partial charge in [-0.3, -0.25) is 4.79 Å². The quantitative estimate of drug-likeness (QED) is 0.769. The molecule has 0 aliphatic heterocycles. The lowest BCUT2D eigenvalue weighted by atomic mass is 10.2. The minimum atomic E-state index is -3.86. The van der Waals surface area contributed by atoms with E-state index >= 15 is 0 Å². The molecule has 124 valence electrons. The monoisotopic (exact) mass is 331 g/mol. The molecule has 0 saturated heterocycles. The van der Waals surface area contributed by atoms with E-state index in [1.807, 2.05) is 0 Å². The summed E-state index contributed by atoms with van der Waals surface area (Å²) in [5.74, 6) is -1.66. The van der Waals surface area contributed by atoms with Crippen molar-refractivity contribution in [3.63, 3.8) is 0 Å². The summed E-state index contributed by atoms with van der Waals surface area (Å²) in [5, 5.41) is 8.92. The molecule has 0 aliphatic rings. The molecule has 0 aliphatic carbocycles. The second-order valence-electron chi connectivity index (χ2n) is 4.94.